The molecule has 1 fully saturated rings. The summed E-state index contributed by atoms with van der Waals surface area (Å²) in [5.74, 6) is 0.0980. The van der Waals surface area contributed by atoms with Gasteiger partial charge in [0.1, 0.15) is 0 Å². The first-order valence-electron chi connectivity index (χ1n) is 7.04. The third-order valence-corrected chi connectivity index (χ3v) is 4.11. The summed E-state index contributed by atoms with van der Waals surface area (Å²) in [5.41, 5.74) is 8.41. The maximum absolute atomic E-state index is 10.2. The van der Waals surface area contributed by atoms with Crippen molar-refractivity contribution >= 4 is 11.5 Å². The molecule has 2 atom stereocenters. The second-order valence-corrected chi connectivity index (χ2v) is 5.54. The van der Waals surface area contributed by atoms with E-state index in [1.807, 2.05) is 32.2 Å². The van der Waals surface area contributed by atoms with Crippen molar-refractivity contribution in [3.63, 3.8) is 0 Å². The predicted molar refractivity (Wildman–Crippen MR) is 80.4 cm³/mol. The number of aliphatic hydroxyl groups is 1. The minimum atomic E-state index is -0.324. The average Bonchev–Trinajstić information content (AvgIpc) is 2.46. The lowest BCUT2D eigenvalue weighted by Crippen LogP contribution is -2.44. The van der Waals surface area contributed by atoms with Crippen LogP contribution < -0.4 is 10.6 Å². The lowest BCUT2D eigenvalue weighted by atomic mass is 9.91. The molecule has 0 spiro atoms. The monoisotopic (exact) mass is 277 g/mol. The van der Waals surface area contributed by atoms with Gasteiger partial charge in [-0.2, -0.15) is 0 Å². The first kappa shape index (κ1) is 14.7. The van der Waals surface area contributed by atoms with Gasteiger partial charge in [-0.1, -0.05) is 29.6 Å². The van der Waals surface area contributed by atoms with E-state index in [2.05, 4.69) is 10.1 Å². The van der Waals surface area contributed by atoms with Gasteiger partial charge in [0.2, 0.25) is 0 Å². The summed E-state index contributed by atoms with van der Waals surface area (Å²) >= 11 is 0. The van der Waals surface area contributed by atoms with E-state index in [-0.39, 0.29) is 18.0 Å². The SMILES string of the molecule is Cc1ccc(N(C)C2CCCCC2O)c(/C(N)=N/O)c1. The quantitative estimate of drug-likeness (QED) is 0.341. The van der Waals surface area contributed by atoms with Gasteiger partial charge in [0.05, 0.1) is 12.1 Å². The van der Waals surface area contributed by atoms with Crippen LogP contribution in [0.3, 0.4) is 0 Å². The zero-order valence-corrected chi connectivity index (χ0v) is 12.1. The number of hydrogen-bond acceptors (Lipinski definition) is 4. The summed E-state index contributed by atoms with van der Waals surface area (Å²) in [5, 5.41) is 22.2. The van der Waals surface area contributed by atoms with Gasteiger partial charge in [0.25, 0.3) is 0 Å². The third kappa shape index (κ3) is 2.88. The van der Waals surface area contributed by atoms with E-state index in [0.29, 0.717) is 5.56 Å². The summed E-state index contributed by atoms with van der Waals surface area (Å²) in [4.78, 5) is 2.05. The number of nitrogens with two attached hydrogens (primary N) is 1. The molecule has 1 aliphatic rings. The highest BCUT2D eigenvalue weighted by Gasteiger charge is 2.28. The lowest BCUT2D eigenvalue weighted by Gasteiger charge is -2.37. The van der Waals surface area contributed by atoms with Crippen LogP contribution in [0.2, 0.25) is 0 Å². The van der Waals surface area contributed by atoms with Gasteiger partial charge >= 0.3 is 0 Å². The van der Waals surface area contributed by atoms with Crippen LogP contribution in [0.4, 0.5) is 5.69 Å². The number of hydrogen-bond donors (Lipinski definition) is 3. The molecule has 0 heterocycles. The van der Waals surface area contributed by atoms with E-state index in [1.165, 1.54) is 0 Å². The summed E-state index contributed by atoms with van der Waals surface area (Å²) in [6.45, 7) is 1.97. The van der Waals surface area contributed by atoms with Gasteiger partial charge < -0.3 is 20.9 Å². The molecule has 0 bridgehead atoms. The molecule has 5 heteroatoms. The van der Waals surface area contributed by atoms with Crippen LogP contribution in [-0.4, -0.2) is 35.3 Å². The number of rotatable bonds is 3. The second-order valence-electron chi connectivity index (χ2n) is 5.54. The Labute approximate surface area is 119 Å². The van der Waals surface area contributed by atoms with E-state index >= 15 is 0 Å². The van der Waals surface area contributed by atoms with Gasteiger partial charge in [-0.05, 0) is 31.9 Å². The molecule has 0 aliphatic heterocycles. The highest BCUT2D eigenvalue weighted by molar-refractivity contribution is 6.02. The fourth-order valence-corrected chi connectivity index (χ4v) is 2.94. The van der Waals surface area contributed by atoms with Crippen LogP contribution in [0.1, 0.15) is 36.8 Å². The fraction of sp³-hybridized carbons (Fsp3) is 0.533. The molecule has 1 aromatic carbocycles. The number of likely N-dealkylation sites (N-methyl/N-ethyl adjacent to an activating group) is 1. The van der Waals surface area contributed by atoms with Crippen LogP contribution in [0.5, 0.6) is 0 Å². The lowest BCUT2D eigenvalue weighted by molar-refractivity contribution is 0.106. The van der Waals surface area contributed by atoms with E-state index in [0.717, 1.165) is 36.9 Å². The maximum Gasteiger partial charge on any atom is 0.172 e. The van der Waals surface area contributed by atoms with E-state index in [4.69, 9.17) is 10.9 Å². The van der Waals surface area contributed by atoms with Crippen LogP contribution >= 0.6 is 0 Å². The molecule has 4 N–H and O–H groups in total. The van der Waals surface area contributed by atoms with Gasteiger partial charge in [0, 0.05) is 18.3 Å². The highest BCUT2D eigenvalue weighted by Crippen LogP contribution is 2.29. The van der Waals surface area contributed by atoms with Crippen molar-refractivity contribution in [3.05, 3.63) is 29.3 Å². The summed E-state index contributed by atoms with van der Waals surface area (Å²) in [6, 6.07) is 5.94. The molecule has 2 rings (SSSR count). The molecule has 0 saturated heterocycles. The number of aliphatic hydroxyl groups excluding tert-OH is 1. The first-order chi connectivity index (χ1) is 9.54. The second kappa shape index (κ2) is 6.13. The Hall–Kier alpha value is -1.75. The van der Waals surface area contributed by atoms with Crippen molar-refractivity contribution in [2.24, 2.45) is 10.9 Å². The molecule has 20 heavy (non-hydrogen) atoms. The van der Waals surface area contributed by atoms with Gasteiger partial charge in [-0.25, -0.2) is 0 Å². The fourth-order valence-electron chi connectivity index (χ4n) is 2.94. The molecule has 0 aromatic heterocycles. The van der Waals surface area contributed by atoms with Crippen molar-refractivity contribution in [1.82, 2.24) is 0 Å². The number of oxime groups is 1. The molecule has 1 saturated carbocycles. The van der Waals surface area contributed by atoms with Crippen molar-refractivity contribution in [2.75, 3.05) is 11.9 Å². The molecule has 5 nitrogen and oxygen atoms in total. The largest absolute Gasteiger partial charge is 0.409 e. The summed E-state index contributed by atoms with van der Waals surface area (Å²) in [6.07, 6.45) is 3.67. The van der Waals surface area contributed by atoms with Crippen LogP contribution in [0, 0.1) is 6.92 Å². The van der Waals surface area contributed by atoms with Gasteiger partial charge in [-0.15, -0.1) is 0 Å². The number of anilines is 1. The predicted octanol–water partition coefficient (Wildman–Crippen LogP) is 1.83. The third-order valence-electron chi connectivity index (χ3n) is 4.11. The molecule has 110 valence electrons. The van der Waals surface area contributed by atoms with E-state index in [9.17, 15) is 5.11 Å². The Kier molecular flexibility index (Phi) is 4.49. The topological polar surface area (TPSA) is 82.1 Å². The van der Waals surface area contributed by atoms with Crippen molar-refractivity contribution in [2.45, 2.75) is 44.8 Å². The Morgan fingerprint density at radius 2 is 2.05 bits per heavy atom. The number of aryl methyl sites for hydroxylation is 1. The molecular formula is C15H23N3O2. The highest BCUT2D eigenvalue weighted by atomic mass is 16.4. The van der Waals surface area contributed by atoms with Crippen molar-refractivity contribution < 1.29 is 10.3 Å². The Morgan fingerprint density at radius 3 is 2.70 bits per heavy atom. The zero-order valence-electron chi connectivity index (χ0n) is 12.1. The first-order valence-corrected chi connectivity index (χ1v) is 7.04. The smallest absolute Gasteiger partial charge is 0.172 e. The molecular weight excluding hydrogens is 254 g/mol. The molecule has 1 aromatic rings. The zero-order chi connectivity index (χ0) is 14.7. The van der Waals surface area contributed by atoms with Gasteiger partial charge in [-0.3, -0.25) is 0 Å². The van der Waals surface area contributed by atoms with Crippen LogP contribution in [0.15, 0.2) is 23.4 Å². The summed E-state index contributed by atoms with van der Waals surface area (Å²) in [7, 11) is 1.96. The molecule has 0 amide bonds. The van der Waals surface area contributed by atoms with Crippen LogP contribution in [0.25, 0.3) is 0 Å². The minimum absolute atomic E-state index is 0.0803. The standard InChI is InChI=1S/C15H23N3O2/c1-10-7-8-12(11(9-10)15(16)17-20)18(2)13-5-3-4-6-14(13)19/h7-9,13-14,19-20H,3-6H2,1-2H3,(H2,16,17). The van der Waals surface area contributed by atoms with E-state index in [1.54, 1.807) is 0 Å². The normalized spacial score (nSPS) is 23.6. The van der Waals surface area contributed by atoms with Crippen molar-refractivity contribution in [1.29, 1.82) is 0 Å². The average molecular weight is 277 g/mol. The molecule has 1 aliphatic carbocycles. The maximum atomic E-state index is 10.2. The Morgan fingerprint density at radius 1 is 1.35 bits per heavy atom. The molecule has 2 unspecified atom stereocenters. The number of nitrogens with zero attached hydrogens (tertiary/aromatic N) is 2. The van der Waals surface area contributed by atoms with Crippen LogP contribution in [-0.2, 0) is 0 Å². The van der Waals surface area contributed by atoms with E-state index < -0.39 is 0 Å². The summed E-state index contributed by atoms with van der Waals surface area (Å²) < 4.78 is 0. The Bertz CT molecular complexity index is 502. The van der Waals surface area contributed by atoms with Gasteiger partial charge in [0.15, 0.2) is 5.84 Å². The molecule has 0 radical (unpaired) electrons. The number of benzene rings is 1. The minimum Gasteiger partial charge on any atom is -0.409 e. The van der Waals surface area contributed by atoms with Crippen molar-refractivity contribution in [3.8, 4) is 0 Å². The Balaban J connectivity index is 2.36. The number of amidine groups is 1.